The normalized spacial score (nSPS) is 22.9. The summed E-state index contributed by atoms with van der Waals surface area (Å²) in [7, 11) is 0. The Balaban J connectivity index is 2.32. The molecule has 1 fully saturated rings. The SMILES string of the molecule is CC(C)Cn1ncc(N2CCC(C)CC2CN)c(Cl)c1=O. The molecule has 0 bridgehead atoms. The minimum absolute atomic E-state index is 0.211. The summed E-state index contributed by atoms with van der Waals surface area (Å²) in [4.78, 5) is 14.5. The summed E-state index contributed by atoms with van der Waals surface area (Å²) in [6.07, 6.45) is 3.83. The first kappa shape index (κ1) is 16.3. The molecule has 5 nitrogen and oxygen atoms in total. The highest BCUT2D eigenvalue weighted by Crippen LogP contribution is 2.30. The lowest BCUT2D eigenvalue weighted by Crippen LogP contribution is -2.47. The van der Waals surface area contributed by atoms with Crippen molar-refractivity contribution in [3.05, 3.63) is 21.6 Å². The third-order valence-electron chi connectivity index (χ3n) is 4.06. The second kappa shape index (κ2) is 6.79. The first-order valence-electron chi connectivity index (χ1n) is 7.66. The van der Waals surface area contributed by atoms with Crippen LogP contribution in [0.15, 0.2) is 11.0 Å². The van der Waals surface area contributed by atoms with E-state index in [1.165, 1.54) is 4.68 Å². The highest BCUT2D eigenvalue weighted by Gasteiger charge is 2.28. The van der Waals surface area contributed by atoms with Gasteiger partial charge in [-0.15, -0.1) is 0 Å². The first-order valence-corrected chi connectivity index (χ1v) is 8.04. The molecule has 21 heavy (non-hydrogen) atoms. The first-order chi connectivity index (χ1) is 9.93. The fourth-order valence-corrected chi connectivity index (χ4v) is 3.18. The van der Waals surface area contributed by atoms with Crippen LogP contribution in [0.1, 0.15) is 33.6 Å². The molecule has 118 valence electrons. The number of anilines is 1. The molecule has 2 rings (SSSR count). The van der Waals surface area contributed by atoms with Crippen LogP contribution in [-0.2, 0) is 6.54 Å². The second-order valence-electron chi connectivity index (χ2n) is 6.44. The minimum Gasteiger partial charge on any atom is -0.365 e. The summed E-state index contributed by atoms with van der Waals surface area (Å²) in [5.74, 6) is 1.01. The summed E-state index contributed by atoms with van der Waals surface area (Å²) in [6, 6.07) is 0.230. The van der Waals surface area contributed by atoms with E-state index in [1.807, 2.05) is 13.8 Å². The van der Waals surface area contributed by atoms with Crippen molar-refractivity contribution in [2.24, 2.45) is 17.6 Å². The number of aromatic nitrogens is 2. The molecule has 0 saturated carbocycles. The van der Waals surface area contributed by atoms with Crippen molar-refractivity contribution in [3.63, 3.8) is 0 Å². The van der Waals surface area contributed by atoms with Gasteiger partial charge in [-0.1, -0.05) is 32.4 Å². The molecule has 2 unspecified atom stereocenters. The maximum atomic E-state index is 12.3. The van der Waals surface area contributed by atoms with Crippen molar-refractivity contribution in [2.45, 2.75) is 46.2 Å². The van der Waals surface area contributed by atoms with Crippen LogP contribution < -0.4 is 16.2 Å². The fourth-order valence-electron chi connectivity index (χ4n) is 2.92. The minimum atomic E-state index is -0.211. The quantitative estimate of drug-likeness (QED) is 0.925. The summed E-state index contributed by atoms with van der Waals surface area (Å²) >= 11 is 6.32. The summed E-state index contributed by atoms with van der Waals surface area (Å²) in [5, 5.41) is 4.54. The molecule has 2 N–H and O–H groups in total. The number of piperidine rings is 1. The number of halogens is 1. The van der Waals surface area contributed by atoms with E-state index in [-0.39, 0.29) is 16.6 Å². The average Bonchev–Trinajstić information content (AvgIpc) is 2.44. The Morgan fingerprint density at radius 2 is 2.24 bits per heavy atom. The van der Waals surface area contributed by atoms with Crippen LogP contribution in [0.3, 0.4) is 0 Å². The lowest BCUT2D eigenvalue weighted by Gasteiger charge is -2.39. The molecule has 1 saturated heterocycles. The van der Waals surface area contributed by atoms with E-state index in [0.29, 0.717) is 24.9 Å². The second-order valence-corrected chi connectivity index (χ2v) is 6.82. The van der Waals surface area contributed by atoms with Gasteiger partial charge in [0.05, 0.1) is 11.9 Å². The molecular formula is C15H25ClN4O. The van der Waals surface area contributed by atoms with Crippen LogP contribution in [0.4, 0.5) is 5.69 Å². The largest absolute Gasteiger partial charge is 0.365 e. The van der Waals surface area contributed by atoms with Crippen molar-refractivity contribution in [3.8, 4) is 0 Å². The predicted octanol–water partition coefficient (Wildman–Crippen LogP) is 2.12. The topological polar surface area (TPSA) is 64.2 Å². The van der Waals surface area contributed by atoms with Crippen molar-refractivity contribution in [1.29, 1.82) is 0 Å². The summed E-state index contributed by atoms with van der Waals surface area (Å²) < 4.78 is 1.44. The summed E-state index contributed by atoms with van der Waals surface area (Å²) in [6.45, 7) is 8.35. The Bertz CT molecular complexity index is 543. The van der Waals surface area contributed by atoms with Crippen molar-refractivity contribution in [1.82, 2.24) is 9.78 Å². The molecule has 0 radical (unpaired) electrons. The molecule has 0 spiro atoms. The van der Waals surface area contributed by atoms with Crippen LogP contribution in [0, 0.1) is 11.8 Å². The van der Waals surface area contributed by atoms with Crippen molar-refractivity contribution < 1.29 is 0 Å². The van der Waals surface area contributed by atoms with Crippen LogP contribution in [0.25, 0.3) is 0 Å². The highest BCUT2D eigenvalue weighted by molar-refractivity contribution is 6.33. The van der Waals surface area contributed by atoms with Crippen LogP contribution in [0.5, 0.6) is 0 Å². The number of nitrogens with zero attached hydrogens (tertiary/aromatic N) is 3. The molecule has 0 aliphatic carbocycles. The number of rotatable bonds is 4. The van der Waals surface area contributed by atoms with Gasteiger partial charge in [0, 0.05) is 25.7 Å². The van der Waals surface area contributed by atoms with Gasteiger partial charge in [-0.25, -0.2) is 4.68 Å². The van der Waals surface area contributed by atoms with E-state index in [2.05, 4.69) is 16.9 Å². The number of hydrogen-bond donors (Lipinski definition) is 1. The van der Waals surface area contributed by atoms with E-state index in [1.54, 1.807) is 6.20 Å². The Morgan fingerprint density at radius 3 is 2.86 bits per heavy atom. The van der Waals surface area contributed by atoms with Gasteiger partial charge < -0.3 is 10.6 Å². The monoisotopic (exact) mass is 312 g/mol. The third-order valence-corrected chi connectivity index (χ3v) is 4.42. The zero-order chi connectivity index (χ0) is 15.6. The lowest BCUT2D eigenvalue weighted by atomic mass is 9.92. The van der Waals surface area contributed by atoms with Crippen molar-refractivity contribution in [2.75, 3.05) is 18.0 Å². The third kappa shape index (κ3) is 3.58. The smallest absolute Gasteiger partial charge is 0.287 e. The molecule has 0 aromatic carbocycles. The van der Waals surface area contributed by atoms with Gasteiger partial charge in [0.25, 0.3) is 5.56 Å². The van der Waals surface area contributed by atoms with Gasteiger partial charge in [-0.05, 0) is 24.7 Å². The van der Waals surface area contributed by atoms with E-state index >= 15 is 0 Å². The maximum Gasteiger partial charge on any atom is 0.287 e. The van der Waals surface area contributed by atoms with Crippen LogP contribution in [0.2, 0.25) is 5.02 Å². The van der Waals surface area contributed by atoms with Gasteiger partial charge in [-0.3, -0.25) is 4.79 Å². The van der Waals surface area contributed by atoms with Crippen molar-refractivity contribution >= 4 is 17.3 Å². The van der Waals surface area contributed by atoms with Gasteiger partial charge in [-0.2, -0.15) is 5.10 Å². The van der Waals surface area contributed by atoms with E-state index in [4.69, 9.17) is 17.3 Å². The molecule has 6 heteroatoms. The zero-order valence-corrected chi connectivity index (χ0v) is 13.8. The summed E-state index contributed by atoms with van der Waals surface area (Å²) in [5.41, 5.74) is 6.40. The van der Waals surface area contributed by atoms with Crippen LogP contribution in [-0.4, -0.2) is 28.9 Å². The van der Waals surface area contributed by atoms with Gasteiger partial charge in [0.1, 0.15) is 5.02 Å². The lowest BCUT2D eigenvalue weighted by molar-refractivity contribution is 0.365. The number of hydrogen-bond acceptors (Lipinski definition) is 4. The molecule has 1 aliphatic rings. The standard InChI is InChI=1S/C15H25ClN4O/c1-10(2)9-20-15(21)14(16)13(8-18-20)19-5-4-11(3)6-12(19)7-17/h8,10-12H,4-7,9,17H2,1-3H3. The molecular weight excluding hydrogens is 288 g/mol. The Labute approximate surface area is 131 Å². The van der Waals surface area contributed by atoms with Gasteiger partial charge in [0.15, 0.2) is 0 Å². The Morgan fingerprint density at radius 1 is 1.52 bits per heavy atom. The molecule has 2 atom stereocenters. The van der Waals surface area contributed by atoms with E-state index in [0.717, 1.165) is 25.1 Å². The van der Waals surface area contributed by atoms with E-state index in [9.17, 15) is 4.79 Å². The Kier molecular flexibility index (Phi) is 5.27. The number of nitrogens with two attached hydrogens (primary N) is 1. The van der Waals surface area contributed by atoms with Crippen LogP contribution >= 0.6 is 11.6 Å². The van der Waals surface area contributed by atoms with Gasteiger partial charge in [0.2, 0.25) is 0 Å². The average molecular weight is 313 g/mol. The molecule has 1 aromatic rings. The highest BCUT2D eigenvalue weighted by atomic mass is 35.5. The molecule has 1 aromatic heterocycles. The maximum absolute atomic E-state index is 12.3. The fraction of sp³-hybridized carbons (Fsp3) is 0.733. The molecule has 0 amide bonds. The van der Waals surface area contributed by atoms with Gasteiger partial charge >= 0.3 is 0 Å². The molecule has 2 heterocycles. The molecule has 1 aliphatic heterocycles. The zero-order valence-electron chi connectivity index (χ0n) is 13.1. The Hall–Kier alpha value is -1.07. The predicted molar refractivity (Wildman–Crippen MR) is 86.9 cm³/mol. The van der Waals surface area contributed by atoms with E-state index < -0.39 is 0 Å².